The molecule has 21 heavy (non-hydrogen) atoms. The highest BCUT2D eigenvalue weighted by atomic mass is 16.2. The Kier molecular flexibility index (Phi) is 3.41. The first-order chi connectivity index (χ1) is 9.95. The van der Waals surface area contributed by atoms with E-state index < -0.39 is 0 Å². The zero-order valence-corrected chi connectivity index (χ0v) is 12.7. The van der Waals surface area contributed by atoms with E-state index in [9.17, 15) is 4.79 Å². The molecular formula is C15H21N5O. The minimum absolute atomic E-state index is 0.111. The number of carbonyl (C=O) groups excluding carboxylic acids is 1. The van der Waals surface area contributed by atoms with Gasteiger partial charge in [-0.15, -0.1) is 0 Å². The highest BCUT2D eigenvalue weighted by Crippen LogP contribution is 2.22. The molecule has 1 amide bonds. The van der Waals surface area contributed by atoms with Gasteiger partial charge < -0.3 is 15.2 Å². The van der Waals surface area contributed by atoms with Crippen molar-refractivity contribution >= 4 is 17.1 Å². The number of rotatable bonds is 3. The van der Waals surface area contributed by atoms with Crippen LogP contribution < -0.4 is 5.32 Å². The van der Waals surface area contributed by atoms with E-state index in [-0.39, 0.29) is 17.5 Å². The molecule has 1 unspecified atom stereocenters. The molecule has 112 valence electrons. The summed E-state index contributed by atoms with van der Waals surface area (Å²) in [6, 6.07) is 0.193. The summed E-state index contributed by atoms with van der Waals surface area (Å²) >= 11 is 0. The molecule has 2 aromatic heterocycles. The average Bonchev–Trinajstić information content (AvgIpc) is 2.99. The molecule has 1 atom stereocenters. The van der Waals surface area contributed by atoms with E-state index in [1.54, 1.807) is 12.4 Å². The molecule has 3 rings (SSSR count). The van der Waals surface area contributed by atoms with Crippen LogP contribution in [0.3, 0.4) is 0 Å². The molecule has 6 nitrogen and oxygen atoms in total. The lowest BCUT2D eigenvalue weighted by atomic mass is 10.1. The van der Waals surface area contributed by atoms with Crippen molar-refractivity contribution < 1.29 is 4.79 Å². The summed E-state index contributed by atoms with van der Waals surface area (Å²) < 4.78 is 0. The van der Waals surface area contributed by atoms with E-state index >= 15 is 0 Å². The molecule has 2 N–H and O–H groups in total. The number of fused-ring (bicyclic) bond motifs is 1. The molecule has 0 saturated carbocycles. The standard InChI is InChI=1S/C15H21N5O/c1-15(2,3)20-9-11(6-12(20)21)18-7-10-8-19-14-13(10)16-4-5-17-14/h4-5,8,11,18H,6-7,9H2,1-3H3,(H,17,19). The van der Waals surface area contributed by atoms with Gasteiger partial charge >= 0.3 is 0 Å². The number of hydrogen-bond donors (Lipinski definition) is 2. The monoisotopic (exact) mass is 287 g/mol. The first kappa shape index (κ1) is 14.0. The van der Waals surface area contributed by atoms with Crippen molar-refractivity contribution in [1.82, 2.24) is 25.2 Å². The lowest BCUT2D eigenvalue weighted by Gasteiger charge is -2.32. The number of H-pyrrole nitrogens is 1. The highest BCUT2D eigenvalue weighted by molar-refractivity contribution is 5.80. The summed E-state index contributed by atoms with van der Waals surface area (Å²) in [5, 5.41) is 3.46. The Labute approximate surface area is 124 Å². The van der Waals surface area contributed by atoms with Gasteiger partial charge in [-0.3, -0.25) is 9.78 Å². The van der Waals surface area contributed by atoms with Crippen molar-refractivity contribution in [3.8, 4) is 0 Å². The number of carbonyl (C=O) groups is 1. The van der Waals surface area contributed by atoms with E-state index in [1.807, 2.05) is 11.1 Å². The molecule has 1 fully saturated rings. The molecule has 0 bridgehead atoms. The molecule has 1 aliphatic heterocycles. The first-order valence-electron chi connectivity index (χ1n) is 7.26. The molecule has 2 aromatic rings. The molecule has 0 aliphatic carbocycles. The van der Waals surface area contributed by atoms with E-state index in [2.05, 4.69) is 41.0 Å². The number of aromatic amines is 1. The van der Waals surface area contributed by atoms with Gasteiger partial charge in [0, 0.05) is 55.2 Å². The number of hydrogen-bond acceptors (Lipinski definition) is 4. The van der Waals surface area contributed by atoms with Crippen LogP contribution in [0.5, 0.6) is 0 Å². The first-order valence-corrected chi connectivity index (χ1v) is 7.26. The van der Waals surface area contributed by atoms with Crippen LogP contribution in [-0.4, -0.2) is 43.9 Å². The lowest BCUT2D eigenvalue weighted by Crippen LogP contribution is -2.43. The minimum atomic E-state index is -0.111. The van der Waals surface area contributed by atoms with Crippen molar-refractivity contribution in [2.24, 2.45) is 0 Å². The maximum Gasteiger partial charge on any atom is 0.224 e. The molecule has 3 heterocycles. The van der Waals surface area contributed by atoms with Gasteiger partial charge in [-0.25, -0.2) is 4.98 Å². The number of nitrogens with zero attached hydrogens (tertiary/aromatic N) is 3. The van der Waals surface area contributed by atoms with Crippen LogP contribution in [0.2, 0.25) is 0 Å². The molecule has 1 saturated heterocycles. The Balaban J connectivity index is 1.65. The van der Waals surface area contributed by atoms with E-state index in [4.69, 9.17) is 0 Å². The molecular weight excluding hydrogens is 266 g/mol. The maximum atomic E-state index is 12.1. The summed E-state index contributed by atoms with van der Waals surface area (Å²) in [6.45, 7) is 7.67. The van der Waals surface area contributed by atoms with Crippen molar-refractivity contribution in [2.75, 3.05) is 6.54 Å². The molecule has 0 radical (unpaired) electrons. The van der Waals surface area contributed by atoms with Gasteiger partial charge in [0.25, 0.3) is 0 Å². The van der Waals surface area contributed by atoms with Crippen molar-refractivity contribution in [3.05, 3.63) is 24.2 Å². The van der Waals surface area contributed by atoms with Crippen LogP contribution >= 0.6 is 0 Å². The van der Waals surface area contributed by atoms with Crippen LogP contribution in [0.15, 0.2) is 18.6 Å². The Morgan fingerprint density at radius 1 is 1.38 bits per heavy atom. The topological polar surface area (TPSA) is 73.9 Å². The summed E-state index contributed by atoms with van der Waals surface area (Å²) in [4.78, 5) is 25.7. The third kappa shape index (κ3) is 2.76. The van der Waals surface area contributed by atoms with Gasteiger partial charge in [-0.2, -0.15) is 0 Å². The van der Waals surface area contributed by atoms with Crippen LogP contribution in [0.4, 0.5) is 0 Å². The Morgan fingerprint density at radius 2 is 2.14 bits per heavy atom. The van der Waals surface area contributed by atoms with Crippen molar-refractivity contribution in [2.45, 2.75) is 45.3 Å². The summed E-state index contributed by atoms with van der Waals surface area (Å²) in [7, 11) is 0. The number of aromatic nitrogens is 3. The smallest absolute Gasteiger partial charge is 0.224 e. The average molecular weight is 287 g/mol. The molecule has 6 heteroatoms. The van der Waals surface area contributed by atoms with Gasteiger partial charge in [0.15, 0.2) is 5.65 Å². The summed E-state index contributed by atoms with van der Waals surface area (Å²) in [5.74, 6) is 0.221. The minimum Gasteiger partial charge on any atom is -0.344 e. The van der Waals surface area contributed by atoms with Gasteiger partial charge in [0.2, 0.25) is 5.91 Å². The Morgan fingerprint density at radius 3 is 2.86 bits per heavy atom. The van der Waals surface area contributed by atoms with E-state index in [1.165, 1.54) is 0 Å². The van der Waals surface area contributed by atoms with E-state index in [0.29, 0.717) is 13.0 Å². The third-order valence-electron chi connectivity index (χ3n) is 3.90. The van der Waals surface area contributed by atoms with Crippen LogP contribution in [0, 0.1) is 0 Å². The largest absolute Gasteiger partial charge is 0.344 e. The normalized spacial score (nSPS) is 19.7. The molecule has 0 spiro atoms. The zero-order valence-electron chi connectivity index (χ0n) is 12.7. The summed E-state index contributed by atoms with van der Waals surface area (Å²) in [5.41, 5.74) is 2.66. The number of likely N-dealkylation sites (tertiary alicyclic amines) is 1. The van der Waals surface area contributed by atoms with Crippen molar-refractivity contribution in [1.29, 1.82) is 0 Å². The second-order valence-electron chi connectivity index (χ2n) is 6.52. The van der Waals surface area contributed by atoms with Gasteiger partial charge in [0.05, 0.1) is 0 Å². The number of amides is 1. The fourth-order valence-corrected chi connectivity index (χ4v) is 2.78. The molecule has 1 aliphatic rings. The fraction of sp³-hybridized carbons (Fsp3) is 0.533. The second-order valence-corrected chi connectivity index (χ2v) is 6.52. The Bertz CT molecular complexity index is 657. The van der Waals surface area contributed by atoms with Crippen LogP contribution in [0.1, 0.15) is 32.8 Å². The van der Waals surface area contributed by atoms with Gasteiger partial charge in [0.1, 0.15) is 5.52 Å². The SMILES string of the molecule is CC(C)(C)N1CC(NCc2c[nH]c3nccnc23)CC1=O. The third-order valence-corrected chi connectivity index (χ3v) is 3.90. The fourth-order valence-electron chi connectivity index (χ4n) is 2.78. The predicted octanol–water partition coefficient (Wildman–Crippen LogP) is 1.45. The Hall–Kier alpha value is -1.95. The van der Waals surface area contributed by atoms with Crippen LogP contribution in [0.25, 0.3) is 11.2 Å². The predicted molar refractivity (Wildman–Crippen MR) is 80.6 cm³/mol. The van der Waals surface area contributed by atoms with Gasteiger partial charge in [-0.05, 0) is 20.8 Å². The quantitative estimate of drug-likeness (QED) is 0.896. The van der Waals surface area contributed by atoms with Crippen LogP contribution in [-0.2, 0) is 11.3 Å². The lowest BCUT2D eigenvalue weighted by molar-refractivity contribution is -0.131. The van der Waals surface area contributed by atoms with E-state index in [0.717, 1.165) is 23.3 Å². The summed E-state index contributed by atoms with van der Waals surface area (Å²) in [6.07, 6.45) is 5.86. The maximum absolute atomic E-state index is 12.1. The zero-order chi connectivity index (χ0) is 15.0. The van der Waals surface area contributed by atoms with Crippen molar-refractivity contribution in [3.63, 3.8) is 0 Å². The number of nitrogens with one attached hydrogen (secondary N) is 2. The second kappa shape index (κ2) is 5.11. The highest BCUT2D eigenvalue weighted by Gasteiger charge is 2.35. The molecule has 0 aromatic carbocycles. The van der Waals surface area contributed by atoms with Gasteiger partial charge in [-0.1, -0.05) is 0 Å².